The second kappa shape index (κ2) is 9.63. The number of carboxylic acids is 1. The molecule has 0 spiro atoms. The van der Waals surface area contributed by atoms with E-state index in [9.17, 15) is 14.7 Å². The minimum absolute atomic E-state index is 0.0103. The van der Waals surface area contributed by atoms with Crippen LogP contribution in [0.1, 0.15) is 26.2 Å². The van der Waals surface area contributed by atoms with Crippen LogP contribution in [0.2, 0.25) is 5.02 Å². The van der Waals surface area contributed by atoms with Crippen molar-refractivity contribution in [2.75, 3.05) is 19.8 Å². The van der Waals surface area contributed by atoms with Crippen molar-refractivity contribution in [1.82, 2.24) is 5.32 Å². The predicted molar refractivity (Wildman–Crippen MR) is 93.8 cm³/mol. The second-order valence-electron chi connectivity index (χ2n) is 6.08. The van der Waals surface area contributed by atoms with Gasteiger partial charge in [-0.15, -0.1) is 0 Å². The lowest BCUT2D eigenvalue weighted by molar-refractivity contribution is -0.145. The van der Waals surface area contributed by atoms with Gasteiger partial charge in [-0.2, -0.15) is 0 Å². The Kier molecular flexibility index (Phi) is 7.52. The molecule has 6 nitrogen and oxygen atoms in total. The Balaban J connectivity index is 1.93. The van der Waals surface area contributed by atoms with E-state index in [2.05, 4.69) is 5.32 Å². The number of halogens is 1. The van der Waals surface area contributed by atoms with Gasteiger partial charge >= 0.3 is 5.97 Å². The highest BCUT2D eigenvalue weighted by Gasteiger charge is 2.31. The van der Waals surface area contributed by atoms with Crippen LogP contribution >= 0.6 is 11.6 Å². The van der Waals surface area contributed by atoms with Gasteiger partial charge in [-0.1, -0.05) is 30.7 Å². The smallest absolute Gasteiger partial charge is 0.308 e. The van der Waals surface area contributed by atoms with Crippen LogP contribution in [0.25, 0.3) is 0 Å². The first kappa shape index (κ1) is 19.5. The Labute approximate surface area is 152 Å². The average molecular weight is 370 g/mol. The van der Waals surface area contributed by atoms with Gasteiger partial charge in [0, 0.05) is 19.8 Å². The van der Waals surface area contributed by atoms with Crippen LogP contribution in [0.15, 0.2) is 24.3 Å². The molecule has 1 heterocycles. The number of benzene rings is 1. The average Bonchev–Trinajstić information content (AvgIpc) is 2.61. The Morgan fingerprint density at radius 1 is 1.36 bits per heavy atom. The molecule has 7 heteroatoms. The molecule has 1 amide bonds. The van der Waals surface area contributed by atoms with Gasteiger partial charge in [0.15, 0.2) is 6.10 Å². The number of hydrogen-bond acceptors (Lipinski definition) is 4. The van der Waals surface area contributed by atoms with Crippen LogP contribution in [-0.4, -0.2) is 42.8 Å². The number of para-hydroxylation sites is 1. The van der Waals surface area contributed by atoms with Crippen LogP contribution < -0.4 is 10.1 Å². The fourth-order valence-corrected chi connectivity index (χ4v) is 3.09. The molecule has 1 fully saturated rings. The monoisotopic (exact) mass is 369 g/mol. The Hall–Kier alpha value is -1.79. The van der Waals surface area contributed by atoms with Crippen molar-refractivity contribution in [2.45, 2.75) is 32.3 Å². The van der Waals surface area contributed by atoms with E-state index in [0.717, 1.165) is 0 Å². The lowest BCUT2D eigenvalue weighted by atomic mass is 9.86. The fraction of sp³-hybridized carbons (Fsp3) is 0.556. The van der Waals surface area contributed by atoms with E-state index < -0.39 is 18.0 Å². The summed E-state index contributed by atoms with van der Waals surface area (Å²) in [6, 6.07) is 6.94. The van der Waals surface area contributed by atoms with E-state index in [1.807, 2.05) is 6.92 Å². The van der Waals surface area contributed by atoms with Crippen molar-refractivity contribution in [3.05, 3.63) is 29.3 Å². The van der Waals surface area contributed by atoms with Gasteiger partial charge < -0.3 is 19.9 Å². The predicted octanol–water partition coefficient (Wildman–Crippen LogP) is 2.74. The summed E-state index contributed by atoms with van der Waals surface area (Å²) in [7, 11) is 0. The van der Waals surface area contributed by atoms with Crippen molar-refractivity contribution in [3.8, 4) is 5.75 Å². The first-order chi connectivity index (χ1) is 12.0. The highest BCUT2D eigenvalue weighted by atomic mass is 35.5. The summed E-state index contributed by atoms with van der Waals surface area (Å²) in [4.78, 5) is 23.9. The molecule has 0 aliphatic carbocycles. The summed E-state index contributed by atoms with van der Waals surface area (Å²) in [5.41, 5.74) is 0. The summed E-state index contributed by atoms with van der Waals surface area (Å²) in [6.45, 7) is 3.04. The summed E-state index contributed by atoms with van der Waals surface area (Å²) < 4.78 is 11.0. The van der Waals surface area contributed by atoms with Gasteiger partial charge in [0.1, 0.15) is 5.75 Å². The zero-order valence-corrected chi connectivity index (χ0v) is 15.0. The van der Waals surface area contributed by atoms with E-state index in [0.29, 0.717) is 43.2 Å². The van der Waals surface area contributed by atoms with Crippen molar-refractivity contribution in [2.24, 2.45) is 11.8 Å². The molecule has 2 unspecified atom stereocenters. The number of rotatable bonds is 8. The zero-order valence-electron chi connectivity index (χ0n) is 14.2. The molecular formula is C18H24ClNO5. The van der Waals surface area contributed by atoms with Crippen LogP contribution in [0, 0.1) is 11.8 Å². The number of ether oxygens (including phenoxy) is 2. The van der Waals surface area contributed by atoms with E-state index in [1.54, 1.807) is 24.3 Å². The highest BCUT2D eigenvalue weighted by Crippen LogP contribution is 2.26. The number of aliphatic carboxylic acids is 1. The zero-order chi connectivity index (χ0) is 18.2. The third-order valence-corrected chi connectivity index (χ3v) is 4.73. The molecule has 0 saturated carbocycles. The standard InChI is InChI=1S/C18H24ClNO5/c1-2-15(25-16-6-4-3-5-14(16)19)17(21)20-11-13(18(22)23)12-7-9-24-10-8-12/h3-6,12-13,15H,2,7-11H2,1H3,(H,20,21)(H,22,23). The van der Waals surface area contributed by atoms with Crippen LogP contribution in [0.3, 0.4) is 0 Å². The lowest BCUT2D eigenvalue weighted by Crippen LogP contribution is -2.44. The molecule has 1 aromatic carbocycles. The fourth-order valence-electron chi connectivity index (χ4n) is 2.91. The van der Waals surface area contributed by atoms with E-state index in [4.69, 9.17) is 21.1 Å². The minimum atomic E-state index is -0.896. The first-order valence-electron chi connectivity index (χ1n) is 8.52. The third-order valence-electron chi connectivity index (χ3n) is 4.42. The molecule has 1 aromatic rings. The molecule has 2 N–H and O–H groups in total. The summed E-state index contributed by atoms with van der Waals surface area (Å²) >= 11 is 6.05. The third kappa shape index (κ3) is 5.61. The minimum Gasteiger partial charge on any atom is -0.481 e. The maximum absolute atomic E-state index is 12.4. The first-order valence-corrected chi connectivity index (χ1v) is 8.90. The molecule has 0 radical (unpaired) electrons. The van der Waals surface area contributed by atoms with Crippen molar-refractivity contribution >= 4 is 23.5 Å². The number of hydrogen-bond donors (Lipinski definition) is 2. The maximum atomic E-state index is 12.4. The van der Waals surface area contributed by atoms with Crippen LogP contribution in [0.5, 0.6) is 5.75 Å². The van der Waals surface area contributed by atoms with Crippen molar-refractivity contribution < 1.29 is 24.2 Å². The molecule has 2 atom stereocenters. The SMILES string of the molecule is CCC(Oc1ccccc1Cl)C(=O)NCC(C(=O)O)C1CCOCC1. The van der Waals surface area contributed by atoms with Gasteiger partial charge in [0.2, 0.25) is 0 Å². The maximum Gasteiger partial charge on any atom is 0.308 e. The van der Waals surface area contributed by atoms with E-state index >= 15 is 0 Å². The topological polar surface area (TPSA) is 84.9 Å². The molecule has 1 aliphatic rings. The molecule has 1 saturated heterocycles. The Morgan fingerprint density at radius 3 is 2.64 bits per heavy atom. The number of carboxylic acid groups (broad SMARTS) is 1. The molecule has 1 aliphatic heterocycles. The van der Waals surface area contributed by atoms with Gasteiger partial charge in [-0.3, -0.25) is 9.59 Å². The van der Waals surface area contributed by atoms with Crippen LogP contribution in [-0.2, 0) is 14.3 Å². The summed E-state index contributed by atoms with van der Waals surface area (Å²) in [5, 5.41) is 12.6. The number of carbonyl (C=O) groups excluding carboxylic acids is 1. The van der Waals surface area contributed by atoms with Crippen molar-refractivity contribution in [3.63, 3.8) is 0 Å². The van der Waals surface area contributed by atoms with E-state index in [-0.39, 0.29) is 18.4 Å². The molecule has 0 aromatic heterocycles. The molecule has 25 heavy (non-hydrogen) atoms. The normalized spacial score (nSPS) is 17.5. The van der Waals surface area contributed by atoms with Gasteiger partial charge in [-0.05, 0) is 37.3 Å². The molecule has 138 valence electrons. The number of amides is 1. The second-order valence-corrected chi connectivity index (χ2v) is 6.49. The lowest BCUT2D eigenvalue weighted by Gasteiger charge is -2.28. The summed E-state index contributed by atoms with van der Waals surface area (Å²) in [5.74, 6) is -1.40. The number of nitrogens with one attached hydrogen (secondary N) is 1. The molecule has 2 rings (SSSR count). The van der Waals surface area contributed by atoms with Crippen LogP contribution in [0.4, 0.5) is 0 Å². The molecular weight excluding hydrogens is 346 g/mol. The summed E-state index contributed by atoms with van der Waals surface area (Å²) in [6.07, 6.45) is 1.12. The van der Waals surface area contributed by atoms with Gasteiger partial charge in [0.25, 0.3) is 5.91 Å². The number of carbonyl (C=O) groups is 2. The quantitative estimate of drug-likeness (QED) is 0.736. The highest BCUT2D eigenvalue weighted by molar-refractivity contribution is 6.32. The Morgan fingerprint density at radius 2 is 2.04 bits per heavy atom. The van der Waals surface area contributed by atoms with Crippen molar-refractivity contribution in [1.29, 1.82) is 0 Å². The Bertz CT molecular complexity index is 589. The van der Waals surface area contributed by atoms with E-state index in [1.165, 1.54) is 0 Å². The van der Waals surface area contributed by atoms with Gasteiger partial charge in [-0.25, -0.2) is 0 Å². The van der Waals surface area contributed by atoms with Gasteiger partial charge in [0.05, 0.1) is 10.9 Å². The largest absolute Gasteiger partial charge is 0.481 e. The molecule has 0 bridgehead atoms.